The fourth-order valence-electron chi connectivity index (χ4n) is 0.174. The molecule has 4 heteroatoms. The molecule has 0 N–H and O–H groups in total. The van der Waals surface area contributed by atoms with Crippen molar-refractivity contribution in [1.29, 1.82) is 0 Å². The first-order chi connectivity index (χ1) is 3.31. The largest absolute Gasteiger partial charge is 1.00 e. The molecule has 0 fully saturated rings. The number of ether oxygens (including phenoxy) is 1. The number of halogens is 1. The van der Waals surface area contributed by atoms with E-state index < -0.39 is 0 Å². The minimum Gasteiger partial charge on any atom is -0.488 e. The quantitative estimate of drug-likeness (QED) is 0.418. The van der Waals surface area contributed by atoms with E-state index in [1.165, 1.54) is 5.33 Å². The van der Waals surface area contributed by atoms with Crippen LogP contribution in [0.3, 0.4) is 0 Å². The number of hydrogen-bond acceptors (Lipinski definition) is 2. The van der Waals surface area contributed by atoms with Gasteiger partial charge in [0, 0.05) is 0 Å². The molecule has 0 atom stereocenters. The summed E-state index contributed by atoms with van der Waals surface area (Å²) in [5, 5.41) is 1.20. The fourth-order valence-corrected chi connectivity index (χ4v) is 0.306. The molecule has 0 radical (unpaired) electrons. The van der Waals surface area contributed by atoms with Gasteiger partial charge in [0.25, 0.3) is 0 Å². The maximum Gasteiger partial charge on any atom is 1.00 e. The van der Waals surface area contributed by atoms with E-state index in [1.807, 2.05) is 0 Å². The third kappa shape index (κ3) is 6.56. The Morgan fingerprint density at radius 1 is 1.88 bits per heavy atom. The van der Waals surface area contributed by atoms with Crippen molar-refractivity contribution in [3.05, 3.63) is 5.33 Å². The third-order valence-electron chi connectivity index (χ3n) is 0.376. The van der Waals surface area contributed by atoms with E-state index in [4.69, 9.17) is 0 Å². The van der Waals surface area contributed by atoms with Gasteiger partial charge in [-0.05, 0) is 6.92 Å². The summed E-state index contributed by atoms with van der Waals surface area (Å²) in [6, 6.07) is 0. The summed E-state index contributed by atoms with van der Waals surface area (Å²) < 4.78 is 4.45. The Bertz CT molecular complexity index is 67.1. The Labute approximate surface area is 72.6 Å². The topological polar surface area (TPSA) is 26.3 Å². The van der Waals surface area contributed by atoms with Crippen molar-refractivity contribution < 1.29 is 31.9 Å². The molecule has 0 bridgehead atoms. The van der Waals surface area contributed by atoms with Crippen molar-refractivity contribution in [1.82, 2.24) is 0 Å². The molecule has 0 aliphatic carbocycles. The molecule has 0 aromatic heterocycles. The molecular weight excluding hydrogens is 357 g/mol. The molecule has 0 amide bonds. The van der Waals surface area contributed by atoms with Gasteiger partial charge in [0.1, 0.15) is 0 Å². The van der Waals surface area contributed by atoms with E-state index in [1.54, 1.807) is 6.92 Å². The molecule has 8 heavy (non-hydrogen) atoms. The zero-order valence-electron chi connectivity index (χ0n) is 4.28. The number of rotatable bonds is 2. The summed E-state index contributed by atoms with van der Waals surface area (Å²) in [6.07, 6.45) is 0. The molecule has 0 saturated heterocycles. The average molecular weight is 363 g/mol. The van der Waals surface area contributed by atoms with Crippen LogP contribution in [0.4, 0.5) is 0 Å². The van der Waals surface area contributed by atoms with Crippen LogP contribution in [-0.2, 0) is 31.9 Å². The zero-order chi connectivity index (χ0) is 5.70. The van der Waals surface area contributed by atoms with E-state index in [-0.39, 0.29) is 28.3 Å². The van der Waals surface area contributed by atoms with Gasteiger partial charge in [0.2, 0.25) is 0 Å². The SMILES string of the molecule is CCOC(=O)[CH-]Br.[Au+]. The summed E-state index contributed by atoms with van der Waals surface area (Å²) in [4.78, 5) is 10.1. The van der Waals surface area contributed by atoms with Gasteiger partial charge in [-0.25, -0.2) is 5.33 Å². The van der Waals surface area contributed by atoms with E-state index in [9.17, 15) is 4.79 Å². The Hall–Kier alpha value is 0.560. The standard InChI is InChI=1S/C4H6BrO2.Au/c1-2-7-4(6)3-5;/h3H,2H2,1H3;/q-1;+1. The van der Waals surface area contributed by atoms with Crippen LogP contribution in [0.25, 0.3) is 0 Å². The van der Waals surface area contributed by atoms with Crippen molar-refractivity contribution in [2.75, 3.05) is 6.61 Å². The molecule has 0 spiro atoms. The van der Waals surface area contributed by atoms with Crippen LogP contribution in [0, 0.1) is 5.33 Å². The van der Waals surface area contributed by atoms with E-state index >= 15 is 0 Å². The second kappa shape index (κ2) is 7.56. The Kier molecular flexibility index (Phi) is 10.7. The number of carbonyl (C=O) groups is 1. The summed E-state index contributed by atoms with van der Waals surface area (Å²) in [5.74, 6) is -0.331. The summed E-state index contributed by atoms with van der Waals surface area (Å²) >= 11 is 2.82. The van der Waals surface area contributed by atoms with Crippen LogP contribution in [0.5, 0.6) is 0 Å². The van der Waals surface area contributed by atoms with Crippen molar-refractivity contribution in [2.24, 2.45) is 0 Å². The van der Waals surface area contributed by atoms with Gasteiger partial charge >= 0.3 is 22.4 Å². The average Bonchev–Trinajstić information content (AvgIpc) is 1.68. The molecule has 2 nitrogen and oxygen atoms in total. The van der Waals surface area contributed by atoms with Crippen LogP contribution in [0.1, 0.15) is 6.92 Å². The van der Waals surface area contributed by atoms with Gasteiger partial charge < -0.3 is 4.74 Å². The number of esters is 1. The van der Waals surface area contributed by atoms with Gasteiger partial charge in [-0.2, -0.15) is 0 Å². The van der Waals surface area contributed by atoms with Gasteiger partial charge in [0.15, 0.2) is 5.97 Å². The monoisotopic (exact) mass is 362 g/mol. The maximum atomic E-state index is 10.1. The Morgan fingerprint density at radius 3 is 2.50 bits per heavy atom. The number of hydrogen-bond donors (Lipinski definition) is 0. The first-order valence-corrected chi connectivity index (χ1v) is 2.83. The van der Waals surface area contributed by atoms with Crippen molar-refractivity contribution >= 4 is 21.9 Å². The molecule has 0 aliphatic heterocycles. The van der Waals surface area contributed by atoms with Gasteiger partial charge in [-0.3, -0.25) is 20.7 Å². The van der Waals surface area contributed by atoms with Crippen molar-refractivity contribution in [3.63, 3.8) is 0 Å². The zero-order valence-corrected chi connectivity index (χ0v) is 8.03. The second-order valence-corrected chi connectivity index (χ2v) is 1.32. The Balaban J connectivity index is 0. The Morgan fingerprint density at radius 2 is 2.38 bits per heavy atom. The summed E-state index contributed by atoms with van der Waals surface area (Å²) in [6.45, 7) is 2.19. The van der Waals surface area contributed by atoms with E-state index in [0.29, 0.717) is 6.61 Å². The van der Waals surface area contributed by atoms with Crippen LogP contribution in [-0.4, -0.2) is 12.6 Å². The minimum atomic E-state index is -0.331. The van der Waals surface area contributed by atoms with Crippen molar-refractivity contribution in [2.45, 2.75) is 6.92 Å². The molecule has 0 aliphatic rings. The molecule has 0 aromatic carbocycles. The summed E-state index contributed by atoms with van der Waals surface area (Å²) in [7, 11) is 0. The molecule has 0 unspecified atom stereocenters. The van der Waals surface area contributed by atoms with Crippen LogP contribution >= 0.6 is 15.9 Å². The minimum absolute atomic E-state index is 0. The maximum absolute atomic E-state index is 10.1. The van der Waals surface area contributed by atoms with E-state index in [2.05, 4.69) is 20.7 Å². The summed E-state index contributed by atoms with van der Waals surface area (Å²) in [5.41, 5.74) is 0. The predicted octanol–water partition coefficient (Wildman–Crippen LogP) is 1.10. The second-order valence-electron chi connectivity index (χ2n) is 0.861. The number of carbonyl (C=O) groups excluding carboxylic acids is 1. The predicted molar refractivity (Wildman–Crippen MR) is 29.9 cm³/mol. The van der Waals surface area contributed by atoms with Crippen LogP contribution in [0.2, 0.25) is 0 Å². The van der Waals surface area contributed by atoms with Gasteiger partial charge in [0.05, 0.1) is 6.61 Å². The van der Waals surface area contributed by atoms with Gasteiger partial charge in [-0.1, -0.05) is 0 Å². The fraction of sp³-hybridized carbons (Fsp3) is 0.500. The molecule has 0 aromatic rings. The van der Waals surface area contributed by atoms with Crippen molar-refractivity contribution in [3.8, 4) is 0 Å². The van der Waals surface area contributed by atoms with E-state index in [0.717, 1.165) is 0 Å². The van der Waals surface area contributed by atoms with Crippen LogP contribution < -0.4 is 0 Å². The first kappa shape index (κ1) is 11.4. The normalized spacial score (nSPS) is 6.75. The molecule has 0 saturated carbocycles. The third-order valence-corrected chi connectivity index (χ3v) is 0.750. The molecule has 0 rings (SSSR count). The molecule has 0 heterocycles. The van der Waals surface area contributed by atoms with Crippen LogP contribution in [0.15, 0.2) is 0 Å². The molecular formula is C4H6AuBrO2. The van der Waals surface area contributed by atoms with Gasteiger partial charge in [-0.15, -0.1) is 0 Å². The smallest absolute Gasteiger partial charge is 0.488 e. The molecule has 52 valence electrons. The first-order valence-electron chi connectivity index (χ1n) is 1.91.